The Morgan fingerprint density at radius 1 is 1.27 bits per heavy atom. The van der Waals surface area contributed by atoms with Crippen molar-refractivity contribution in [3.8, 4) is 10.4 Å². The van der Waals surface area contributed by atoms with E-state index in [2.05, 4.69) is 5.32 Å². The van der Waals surface area contributed by atoms with Crippen LogP contribution < -0.4 is 5.32 Å². The molecule has 0 bridgehead atoms. The van der Waals surface area contributed by atoms with E-state index in [0.29, 0.717) is 25.3 Å². The van der Waals surface area contributed by atoms with E-state index in [0.717, 1.165) is 9.75 Å². The van der Waals surface area contributed by atoms with Gasteiger partial charge in [-0.3, -0.25) is 4.79 Å². The summed E-state index contributed by atoms with van der Waals surface area (Å²) in [5, 5.41) is 3.08. The molecule has 2 aromatic rings. The SMILES string of the molecule is COCCNCC(=O)N(Cc1ccc(-c2ccccc2F)s1)C(C)C.Cl. The molecule has 1 N–H and O–H groups in total. The van der Waals surface area contributed by atoms with Crippen molar-refractivity contribution >= 4 is 29.7 Å². The van der Waals surface area contributed by atoms with Gasteiger partial charge in [0.05, 0.1) is 19.7 Å². The van der Waals surface area contributed by atoms with E-state index < -0.39 is 0 Å². The molecule has 4 nitrogen and oxygen atoms in total. The number of halogens is 2. The Morgan fingerprint density at radius 2 is 2.00 bits per heavy atom. The van der Waals surface area contributed by atoms with Gasteiger partial charge in [-0.1, -0.05) is 18.2 Å². The number of methoxy groups -OCH3 is 1. The fraction of sp³-hybridized carbons (Fsp3) is 0.421. The molecule has 1 aromatic carbocycles. The van der Waals surface area contributed by atoms with Crippen LogP contribution in [0.25, 0.3) is 10.4 Å². The average Bonchev–Trinajstić information content (AvgIpc) is 3.05. The lowest BCUT2D eigenvalue weighted by atomic mass is 10.2. The van der Waals surface area contributed by atoms with Gasteiger partial charge < -0.3 is 15.0 Å². The molecular weight excluding hydrogens is 375 g/mol. The molecule has 0 radical (unpaired) electrons. The molecule has 7 heteroatoms. The van der Waals surface area contributed by atoms with Gasteiger partial charge in [-0.25, -0.2) is 4.39 Å². The van der Waals surface area contributed by atoms with Crippen LogP contribution in [0.15, 0.2) is 36.4 Å². The van der Waals surface area contributed by atoms with Gasteiger partial charge in [0.25, 0.3) is 0 Å². The molecule has 0 spiro atoms. The number of hydrogen-bond acceptors (Lipinski definition) is 4. The fourth-order valence-corrected chi connectivity index (χ4v) is 3.50. The largest absolute Gasteiger partial charge is 0.383 e. The van der Waals surface area contributed by atoms with Crippen molar-refractivity contribution in [3.63, 3.8) is 0 Å². The van der Waals surface area contributed by atoms with E-state index in [4.69, 9.17) is 4.74 Å². The van der Waals surface area contributed by atoms with E-state index in [-0.39, 0.29) is 36.7 Å². The van der Waals surface area contributed by atoms with E-state index in [1.54, 1.807) is 19.2 Å². The van der Waals surface area contributed by atoms with E-state index in [1.165, 1.54) is 17.4 Å². The standard InChI is InChI=1S/C19H25FN2O2S.ClH/c1-14(2)22(19(23)12-21-10-11-24-3)13-15-8-9-18(25-15)16-6-4-5-7-17(16)20;/h4-9,14,21H,10-13H2,1-3H3;1H. The molecular formula is C19H26ClFN2O2S. The number of rotatable bonds is 9. The number of amides is 1. The van der Waals surface area contributed by atoms with Gasteiger partial charge in [0, 0.05) is 35.0 Å². The first-order valence-electron chi connectivity index (χ1n) is 8.35. The van der Waals surface area contributed by atoms with Crippen molar-refractivity contribution in [2.75, 3.05) is 26.8 Å². The highest BCUT2D eigenvalue weighted by Crippen LogP contribution is 2.30. The maximum atomic E-state index is 13.9. The quantitative estimate of drug-likeness (QED) is 0.648. The summed E-state index contributed by atoms with van der Waals surface area (Å²) in [7, 11) is 1.63. The van der Waals surface area contributed by atoms with Crippen molar-refractivity contribution in [2.45, 2.75) is 26.4 Å². The van der Waals surface area contributed by atoms with Gasteiger partial charge in [0.15, 0.2) is 0 Å². The van der Waals surface area contributed by atoms with Crippen molar-refractivity contribution in [3.05, 3.63) is 47.1 Å². The molecule has 1 heterocycles. The van der Waals surface area contributed by atoms with Gasteiger partial charge in [-0.05, 0) is 32.0 Å². The van der Waals surface area contributed by atoms with E-state index >= 15 is 0 Å². The second kappa shape index (κ2) is 11.3. The highest BCUT2D eigenvalue weighted by molar-refractivity contribution is 7.15. The summed E-state index contributed by atoms with van der Waals surface area (Å²) in [5.41, 5.74) is 0.599. The maximum Gasteiger partial charge on any atom is 0.237 e. The van der Waals surface area contributed by atoms with Gasteiger partial charge in [-0.2, -0.15) is 0 Å². The van der Waals surface area contributed by atoms with Crippen molar-refractivity contribution in [1.29, 1.82) is 0 Å². The molecule has 0 aliphatic carbocycles. The molecule has 0 saturated heterocycles. The number of carbonyl (C=O) groups excluding carboxylic acids is 1. The highest BCUT2D eigenvalue weighted by atomic mass is 35.5. The fourth-order valence-electron chi connectivity index (χ4n) is 2.47. The molecule has 1 aromatic heterocycles. The molecule has 0 saturated carbocycles. The summed E-state index contributed by atoms with van der Waals surface area (Å²) in [4.78, 5) is 16.2. The van der Waals surface area contributed by atoms with Gasteiger partial charge in [0.2, 0.25) is 5.91 Å². The maximum absolute atomic E-state index is 13.9. The van der Waals surface area contributed by atoms with Crippen LogP contribution in [0.4, 0.5) is 4.39 Å². The summed E-state index contributed by atoms with van der Waals surface area (Å²) in [5.74, 6) is -0.179. The average molecular weight is 401 g/mol. The van der Waals surface area contributed by atoms with Crippen LogP contribution in [0.2, 0.25) is 0 Å². The van der Waals surface area contributed by atoms with Crippen LogP contribution in [0.3, 0.4) is 0 Å². The van der Waals surface area contributed by atoms with Gasteiger partial charge in [0.1, 0.15) is 5.82 Å². The topological polar surface area (TPSA) is 41.6 Å². The number of ether oxygens (including phenoxy) is 1. The lowest BCUT2D eigenvalue weighted by molar-refractivity contribution is -0.132. The number of hydrogen-bond donors (Lipinski definition) is 1. The second-order valence-corrected chi connectivity index (χ2v) is 7.20. The minimum atomic E-state index is -0.227. The first-order valence-corrected chi connectivity index (χ1v) is 9.17. The predicted molar refractivity (Wildman–Crippen MR) is 107 cm³/mol. The van der Waals surface area contributed by atoms with Gasteiger partial charge >= 0.3 is 0 Å². The minimum absolute atomic E-state index is 0. The number of nitrogens with zero attached hydrogens (tertiary/aromatic N) is 1. The van der Waals surface area contributed by atoms with Crippen LogP contribution in [0, 0.1) is 5.82 Å². The van der Waals surface area contributed by atoms with Gasteiger partial charge in [-0.15, -0.1) is 23.7 Å². The summed E-state index contributed by atoms with van der Waals surface area (Å²) in [6.45, 7) is 6.03. The van der Waals surface area contributed by atoms with Crippen LogP contribution in [-0.4, -0.2) is 43.7 Å². The third kappa shape index (κ3) is 6.36. The molecule has 0 aliphatic rings. The highest BCUT2D eigenvalue weighted by Gasteiger charge is 2.18. The first kappa shape index (κ1) is 22.6. The van der Waals surface area contributed by atoms with E-state index in [9.17, 15) is 9.18 Å². The Hall–Kier alpha value is -1.47. The number of carbonyl (C=O) groups is 1. The molecule has 0 atom stereocenters. The Labute approximate surface area is 164 Å². The van der Waals surface area contributed by atoms with Crippen LogP contribution in [-0.2, 0) is 16.1 Å². The van der Waals surface area contributed by atoms with Crippen LogP contribution in [0.1, 0.15) is 18.7 Å². The Bertz CT molecular complexity index is 694. The Kier molecular flexibility index (Phi) is 9.80. The Balaban J connectivity index is 0.00000338. The van der Waals surface area contributed by atoms with Crippen molar-refractivity contribution in [1.82, 2.24) is 10.2 Å². The Morgan fingerprint density at radius 3 is 2.65 bits per heavy atom. The number of benzene rings is 1. The summed E-state index contributed by atoms with van der Waals surface area (Å²) in [6.07, 6.45) is 0. The smallest absolute Gasteiger partial charge is 0.237 e. The van der Waals surface area contributed by atoms with Crippen LogP contribution >= 0.6 is 23.7 Å². The normalized spacial score (nSPS) is 10.7. The lowest BCUT2D eigenvalue weighted by Crippen LogP contribution is -2.42. The lowest BCUT2D eigenvalue weighted by Gasteiger charge is -2.26. The zero-order chi connectivity index (χ0) is 18.2. The minimum Gasteiger partial charge on any atom is -0.383 e. The van der Waals surface area contributed by atoms with Crippen LogP contribution in [0.5, 0.6) is 0 Å². The number of thiophene rings is 1. The summed E-state index contributed by atoms with van der Waals surface area (Å²) >= 11 is 1.52. The third-order valence-electron chi connectivity index (χ3n) is 3.83. The molecule has 1 amide bonds. The number of nitrogens with one attached hydrogen (secondary N) is 1. The molecule has 0 unspecified atom stereocenters. The van der Waals surface area contributed by atoms with E-state index in [1.807, 2.05) is 36.9 Å². The van der Waals surface area contributed by atoms with Crippen molar-refractivity contribution in [2.24, 2.45) is 0 Å². The van der Waals surface area contributed by atoms with Crippen molar-refractivity contribution < 1.29 is 13.9 Å². The zero-order valence-electron chi connectivity index (χ0n) is 15.3. The molecule has 0 aliphatic heterocycles. The second-order valence-electron chi connectivity index (χ2n) is 6.03. The zero-order valence-corrected chi connectivity index (χ0v) is 17.0. The summed E-state index contributed by atoms with van der Waals surface area (Å²) < 4.78 is 18.9. The molecule has 26 heavy (non-hydrogen) atoms. The third-order valence-corrected chi connectivity index (χ3v) is 4.93. The summed E-state index contributed by atoms with van der Waals surface area (Å²) in [6, 6.07) is 10.7. The molecule has 0 fully saturated rings. The predicted octanol–water partition coefficient (Wildman–Crippen LogP) is 3.95. The monoisotopic (exact) mass is 400 g/mol. The molecule has 2 rings (SSSR count). The first-order chi connectivity index (χ1) is 12.0. The molecule has 144 valence electrons.